The fourth-order valence-electron chi connectivity index (χ4n) is 3.00. The smallest absolute Gasteiger partial charge is 0.203 e. The lowest BCUT2D eigenvalue weighted by Gasteiger charge is -2.14. The molecule has 0 bridgehead atoms. The van der Waals surface area contributed by atoms with Crippen LogP contribution in [0.4, 0.5) is 16.6 Å². The molecule has 0 aliphatic carbocycles. The number of hydrogen-bond donors (Lipinski definition) is 3. The number of rotatable bonds is 7. The molecule has 0 aliphatic heterocycles. The number of methoxy groups -OCH3 is 3. The molecule has 32 heavy (non-hydrogen) atoms. The van der Waals surface area contributed by atoms with Gasteiger partial charge in [-0.05, 0) is 12.1 Å². The van der Waals surface area contributed by atoms with Crippen molar-refractivity contribution in [3.63, 3.8) is 0 Å². The minimum absolute atomic E-state index is 0.00727. The van der Waals surface area contributed by atoms with Crippen LogP contribution in [0.2, 0.25) is 5.02 Å². The van der Waals surface area contributed by atoms with Crippen molar-refractivity contribution in [3.8, 4) is 44.1 Å². The number of thiazole rings is 2. The first-order valence-corrected chi connectivity index (χ1v) is 11.3. The first-order chi connectivity index (χ1) is 15.4. The van der Waals surface area contributed by atoms with Gasteiger partial charge in [0.15, 0.2) is 16.6 Å². The molecule has 11 heteroatoms. The third kappa shape index (κ3) is 4.24. The maximum atomic E-state index is 9.86. The maximum absolute atomic E-state index is 9.86. The molecule has 0 spiro atoms. The molecule has 166 valence electrons. The van der Waals surface area contributed by atoms with Gasteiger partial charge in [0.25, 0.3) is 0 Å². The number of phenols is 1. The van der Waals surface area contributed by atoms with Gasteiger partial charge in [0, 0.05) is 28.8 Å². The van der Waals surface area contributed by atoms with E-state index in [0.717, 1.165) is 15.4 Å². The Kier molecular flexibility index (Phi) is 6.26. The van der Waals surface area contributed by atoms with Crippen molar-refractivity contribution in [2.45, 2.75) is 0 Å². The summed E-state index contributed by atoms with van der Waals surface area (Å²) >= 11 is 8.71. The number of ether oxygens (including phenoxy) is 3. The topological polar surface area (TPSA) is 112 Å². The molecular weight excluding hydrogens is 472 g/mol. The number of nitrogens with one attached hydrogen (secondary N) is 1. The van der Waals surface area contributed by atoms with Crippen molar-refractivity contribution in [1.82, 2.24) is 9.97 Å². The highest BCUT2D eigenvalue weighted by Gasteiger charge is 2.18. The van der Waals surface area contributed by atoms with E-state index in [0.29, 0.717) is 44.6 Å². The monoisotopic (exact) mass is 490 g/mol. The van der Waals surface area contributed by atoms with Crippen molar-refractivity contribution in [2.75, 3.05) is 32.4 Å². The van der Waals surface area contributed by atoms with Gasteiger partial charge in [-0.15, -0.1) is 11.3 Å². The maximum Gasteiger partial charge on any atom is 0.203 e. The zero-order chi connectivity index (χ0) is 22.8. The van der Waals surface area contributed by atoms with Crippen molar-refractivity contribution >= 4 is 50.9 Å². The summed E-state index contributed by atoms with van der Waals surface area (Å²) in [6, 6.07) is 8.58. The van der Waals surface area contributed by atoms with Crippen LogP contribution in [0.3, 0.4) is 0 Å². The van der Waals surface area contributed by atoms with Crippen molar-refractivity contribution in [3.05, 3.63) is 40.7 Å². The SMILES string of the molecule is COc1cc(Nc2nc(N)c(-c3nc(-c4ccc(Cl)c(O)c4)cs3)s2)cc(OC)c1OC. The first-order valence-electron chi connectivity index (χ1n) is 9.21. The van der Waals surface area contributed by atoms with Crippen molar-refractivity contribution < 1.29 is 19.3 Å². The van der Waals surface area contributed by atoms with Crippen LogP contribution in [0.5, 0.6) is 23.0 Å². The molecule has 0 radical (unpaired) electrons. The van der Waals surface area contributed by atoms with Gasteiger partial charge in [-0.3, -0.25) is 0 Å². The Bertz CT molecular complexity index is 1250. The average Bonchev–Trinajstić information content (AvgIpc) is 3.41. The summed E-state index contributed by atoms with van der Waals surface area (Å²) < 4.78 is 16.1. The van der Waals surface area contributed by atoms with Gasteiger partial charge in [-0.25, -0.2) is 9.97 Å². The van der Waals surface area contributed by atoms with Crippen LogP contribution in [0.25, 0.3) is 21.1 Å². The molecule has 4 rings (SSSR count). The van der Waals surface area contributed by atoms with Crippen LogP contribution in [0.15, 0.2) is 35.7 Å². The zero-order valence-corrected chi connectivity index (χ0v) is 19.7. The Morgan fingerprint density at radius 2 is 1.75 bits per heavy atom. The van der Waals surface area contributed by atoms with Gasteiger partial charge >= 0.3 is 0 Å². The summed E-state index contributed by atoms with van der Waals surface area (Å²) in [5.41, 5.74) is 8.35. The third-order valence-corrected chi connectivity index (χ3v) is 6.81. The first kappa shape index (κ1) is 22.0. The summed E-state index contributed by atoms with van der Waals surface area (Å²) in [7, 11) is 4.66. The van der Waals surface area contributed by atoms with E-state index in [1.807, 2.05) is 5.38 Å². The number of benzene rings is 2. The Morgan fingerprint density at radius 3 is 2.38 bits per heavy atom. The number of nitrogens with two attached hydrogens (primary N) is 1. The molecule has 0 amide bonds. The van der Waals surface area contributed by atoms with Crippen molar-refractivity contribution in [1.29, 1.82) is 0 Å². The fraction of sp³-hybridized carbons (Fsp3) is 0.143. The van der Waals surface area contributed by atoms with Gasteiger partial charge < -0.3 is 30.4 Å². The molecule has 0 saturated carbocycles. The zero-order valence-electron chi connectivity index (χ0n) is 17.3. The summed E-state index contributed by atoms with van der Waals surface area (Å²) in [6.45, 7) is 0. The lowest BCUT2D eigenvalue weighted by atomic mass is 10.2. The molecule has 2 heterocycles. The van der Waals surface area contributed by atoms with Crippen LogP contribution in [-0.4, -0.2) is 36.4 Å². The van der Waals surface area contributed by atoms with E-state index in [2.05, 4.69) is 15.3 Å². The number of nitrogens with zero attached hydrogens (tertiary/aromatic N) is 2. The van der Waals surface area contributed by atoms with Crippen LogP contribution in [0.1, 0.15) is 0 Å². The summed E-state index contributed by atoms with van der Waals surface area (Å²) in [6.07, 6.45) is 0. The second-order valence-corrected chi connectivity index (χ2v) is 8.74. The second kappa shape index (κ2) is 9.11. The third-order valence-electron chi connectivity index (χ3n) is 4.51. The normalized spacial score (nSPS) is 10.8. The second-order valence-electron chi connectivity index (χ2n) is 6.48. The highest BCUT2D eigenvalue weighted by molar-refractivity contribution is 7.23. The molecule has 4 aromatic rings. The predicted octanol–water partition coefficient (Wildman–Crippen LogP) is 5.64. The Balaban J connectivity index is 1.62. The molecule has 8 nitrogen and oxygen atoms in total. The van der Waals surface area contributed by atoms with E-state index in [9.17, 15) is 5.11 Å². The van der Waals surface area contributed by atoms with Gasteiger partial charge in [-0.1, -0.05) is 29.0 Å². The minimum atomic E-state index is 0.00727. The number of hydrogen-bond acceptors (Lipinski definition) is 10. The van der Waals surface area contributed by atoms with Crippen LogP contribution in [0, 0.1) is 0 Å². The lowest BCUT2D eigenvalue weighted by molar-refractivity contribution is 0.324. The summed E-state index contributed by atoms with van der Waals surface area (Å²) in [4.78, 5) is 9.82. The van der Waals surface area contributed by atoms with E-state index in [1.54, 1.807) is 51.7 Å². The standard InChI is InChI=1S/C21H19ClN4O4S2/c1-28-15-7-11(8-16(29-2)17(15)30-3)24-21-26-19(23)18(32-21)20-25-13(9-31-20)10-4-5-12(22)14(27)6-10/h4-9,27H,23H2,1-3H3,(H,24,26). The van der Waals surface area contributed by atoms with E-state index in [4.69, 9.17) is 31.5 Å². The molecule has 0 atom stereocenters. The number of halogens is 1. The van der Waals surface area contributed by atoms with Gasteiger partial charge in [0.05, 0.1) is 32.0 Å². The Labute approximate surface area is 197 Å². The van der Waals surface area contributed by atoms with Crippen LogP contribution < -0.4 is 25.3 Å². The van der Waals surface area contributed by atoms with E-state index >= 15 is 0 Å². The van der Waals surface area contributed by atoms with Gasteiger partial charge in [0.1, 0.15) is 21.5 Å². The van der Waals surface area contributed by atoms with E-state index in [1.165, 1.54) is 22.7 Å². The largest absolute Gasteiger partial charge is 0.506 e. The fourth-order valence-corrected chi connectivity index (χ4v) is 4.95. The molecule has 2 aromatic heterocycles. The highest BCUT2D eigenvalue weighted by Crippen LogP contribution is 2.43. The Morgan fingerprint density at radius 1 is 1.03 bits per heavy atom. The molecule has 0 unspecified atom stereocenters. The number of aromatic hydroxyl groups is 1. The molecule has 0 fully saturated rings. The number of aromatic nitrogens is 2. The predicted molar refractivity (Wildman–Crippen MR) is 129 cm³/mol. The molecular formula is C21H19ClN4O4S2. The number of anilines is 3. The van der Waals surface area contributed by atoms with Crippen LogP contribution >= 0.6 is 34.3 Å². The van der Waals surface area contributed by atoms with Crippen molar-refractivity contribution in [2.24, 2.45) is 0 Å². The minimum Gasteiger partial charge on any atom is -0.506 e. The van der Waals surface area contributed by atoms with E-state index in [-0.39, 0.29) is 5.75 Å². The molecule has 2 aromatic carbocycles. The lowest BCUT2D eigenvalue weighted by Crippen LogP contribution is -1.97. The summed E-state index contributed by atoms with van der Waals surface area (Å²) in [5.74, 6) is 1.92. The average molecular weight is 491 g/mol. The quantitative estimate of drug-likeness (QED) is 0.305. The number of phenolic OH excluding ortho intramolecular Hbond substituents is 1. The van der Waals surface area contributed by atoms with Crippen LogP contribution in [-0.2, 0) is 0 Å². The number of nitrogen functional groups attached to an aromatic ring is 1. The summed E-state index contributed by atoms with van der Waals surface area (Å²) in [5, 5.41) is 16.6. The van der Waals surface area contributed by atoms with Gasteiger partial charge in [-0.2, -0.15) is 0 Å². The molecule has 4 N–H and O–H groups in total. The van der Waals surface area contributed by atoms with E-state index < -0.39 is 0 Å². The molecule has 0 saturated heterocycles. The molecule has 0 aliphatic rings. The highest BCUT2D eigenvalue weighted by atomic mass is 35.5. The van der Waals surface area contributed by atoms with Gasteiger partial charge in [0.2, 0.25) is 5.75 Å². The Hall–Kier alpha value is -3.21.